The quantitative estimate of drug-likeness (QED) is 0.729. The van der Waals surface area contributed by atoms with Crippen LogP contribution in [0.2, 0.25) is 0 Å². The van der Waals surface area contributed by atoms with Crippen molar-refractivity contribution in [1.29, 1.82) is 0 Å². The van der Waals surface area contributed by atoms with Gasteiger partial charge in [0, 0.05) is 16.7 Å². The smallest absolute Gasteiger partial charge is 0.406 e. The molecular formula is C14H9F3N2O3. The molecule has 2 aromatic heterocycles. The van der Waals surface area contributed by atoms with Crippen molar-refractivity contribution in [2.75, 3.05) is 0 Å². The molecule has 0 unspecified atom stereocenters. The van der Waals surface area contributed by atoms with E-state index < -0.39 is 24.8 Å². The molecule has 0 spiro atoms. The third-order valence-electron chi connectivity index (χ3n) is 2.81. The number of aromatic nitrogens is 2. The van der Waals surface area contributed by atoms with E-state index >= 15 is 0 Å². The fourth-order valence-electron chi connectivity index (χ4n) is 1.89. The van der Waals surface area contributed by atoms with Crippen LogP contribution >= 0.6 is 0 Å². The molecule has 0 radical (unpaired) electrons. The van der Waals surface area contributed by atoms with E-state index in [4.69, 9.17) is 8.53 Å². The van der Waals surface area contributed by atoms with Crippen molar-refractivity contribution in [1.82, 2.24) is 9.55 Å². The van der Waals surface area contributed by atoms with Gasteiger partial charge in [-0.25, -0.2) is 9.78 Å². The summed E-state index contributed by atoms with van der Waals surface area (Å²) in [5, 5.41) is 0. The van der Waals surface area contributed by atoms with E-state index in [0.29, 0.717) is 10.1 Å². The number of oxazole rings is 1. The molecule has 8 heteroatoms. The van der Waals surface area contributed by atoms with Crippen molar-refractivity contribution in [2.24, 2.45) is 6.98 Å². The first-order valence-electron chi connectivity index (χ1n) is 7.44. The average Bonchev–Trinajstić information content (AvgIpc) is 2.81. The molecule has 3 aromatic rings. The number of aryl methyl sites for hydroxylation is 1. The number of alkyl halides is 3. The highest BCUT2D eigenvalue weighted by Gasteiger charge is 2.30. The fourth-order valence-corrected chi connectivity index (χ4v) is 1.89. The van der Waals surface area contributed by atoms with E-state index in [9.17, 15) is 18.0 Å². The first kappa shape index (κ1) is 10.9. The van der Waals surface area contributed by atoms with Crippen molar-refractivity contribution < 1.29 is 26.4 Å². The van der Waals surface area contributed by atoms with Gasteiger partial charge in [-0.3, -0.25) is 4.57 Å². The molecule has 0 atom stereocenters. The molecule has 0 aliphatic heterocycles. The van der Waals surface area contributed by atoms with Crippen LogP contribution in [0.4, 0.5) is 13.2 Å². The molecule has 22 heavy (non-hydrogen) atoms. The third kappa shape index (κ3) is 2.67. The summed E-state index contributed by atoms with van der Waals surface area (Å²) in [4.78, 5) is 15.8. The minimum atomic E-state index is -4.80. The lowest BCUT2D eigenvalue weighted by Crippen LogP contribution is -2.16. The number of rotatable bonds is 2. The van der Waals surface area contributed by atoms with Crippen molar-refractivity contribution in [3.63, 3.8) is 0 Å². The van der Waals surface area contributed by atoms with Gasteiger partial charge in [-0.2, -0.15) is 0 Å². The van der Waals surface area contributed by atoms with E-state index in [-0.39, 0.29) is 16.9 Å². The minimum absolute atomic E-state index is 0.0121. The summed E-state index contributed by atoms with van der Waals surface area (Å²) in [5.74, 6) is -1.48. The number of halogens is 3. The second-order valence-corrected chi connectivity index (χ2v) is 4.29. The van der Waals surface area contributed by atoms with Crippen LogP contribution in [0.5, 0.6) is 5.75 Å². The molecule has 0 N–H and O–H groups in total. The zero-order valence-corrected chi connectivity index (χ0v) is 10.7. The zero-order chi connectivity index (χ0) is 18.4. The van der Waals surface area contributed by atoms with Crippen molar-refractivity contribution >= 4 is 11.2 Å². The van der Waals surface area contributed by atoms with Gasteiger partial charge in [0.05, 0.1) is 5.69 Å². The highest BCUT2D eigenvalue weighted by molar-refractivity contribution is 5.73. The lowest BCUT2D eigenvalue weighted by atomic mass is 10.1. The second-order valence-electron chi connectivity index (χ2n) is 4.29. The highest BCUT2D eigenvalue weighted by atomic mass is 19.4. The summed E-state index contributed by atoms with van der Waals surface area (Å²) in [7, 11) is 0. The number of ether oxygens (including phenoxy) is 1. The van der Waals surface area contributed by atoms with Crippen molar-refractivity contribution in [3.05, 3.63) is 46.9 Å². The second kappa shape index (κ2) is 4.90. The summed E-state index contributed by atoms with van der Waals surface area (Å²) in [6.45, 7) is -2.78. The molecule has 0 bridgehead atoms. The summed E-state index contributed by atoms with van der Waals surface area (Å²) < 4.78 is 67.7. The number of fused-ring (bicyclic) bond motifs is 1. The lowest BCUT2D eigenvalue weighted by molar-refractivity contribution is -0.274. The highest BCUT2D eigenvalue weighted by Crippen LogP contribution is 2.26. The predicted octanol–water partition coefficient (Wildman–Crippen LogP) is 3.09. The molecule has 1 aromatic carbocycles. The van der Waals surface area contributed by atoms with Gasteiger partial charge in [-0.15, -0.1) is 13.2 Å². The molecule has 0 saturated carbocycles. The summed E-state index contributed by atoms with van der Waals surface area (Å²) in [5.41, 5.74) is 0.465. The van der Waals surface area contributed by atoms with Crippen LogP contribution in [0.25, 0.3) is 22.5 Å². The van der Waals surface area contributed by atoms with E-state index in [2.05, 4.69) is 9.72 Å². The number of pyridine rings is 1. The van der Waals surface area contributed by atoms with Crippen LogP contribution in [0, 0.1) is 0 Å². The standard InChI is InChI=1S/C14H9F3N2O3/c1-19-12-11(21-13(19)20)7-6-10(18-12)8-2-4-9(5-3-8)22-14(15,16)17/h2-7H,1H3/i1D3. The van der Waals surface area contributed by atoms with Crippen LogP contribution < -0.4 is 10.5 Å². The van der Waals surface area contributed by atoms with Gasteiger partial charge >= 0.3 is 12.1 Å². The monoisotopic (exact) mass is 313 g/mol. The summed E-state index contributed by atoms with van der Waals surface area (Å²) in [6, 6.07) is 7.66. The minimum Gasteiger partial charge on any atom is -0.406 e. The number of benzene rings is 1. The molecule has 0 fully saturated rings. The van der Waals surface area contributed by atoms with Crippen LogP contribution in [-0.4, -0.2) is 15.9 Å². The third-order valence-corrected chi connectivity index (χ3v) is 2.81. The Bertz CT molecular complexity index is 975. The number of hydrogen-bond acceptors (Lipinski definition) is 4. The van der Waals surface area contributed by atoms with E-state index in [1.807, 2.05) is 0 Å². The van der Waals surface area contributed by atoms with E-state index in [0.717, 1.165) is 12.1 Å². The Labute approximate surface area is 125 Å². The van der Waals surface area contributed by atoms with Crippen molar-refractivity contribution in [3.8, 4) is 17.0 Å². The Morgan fingerprint density at radius 1 is 1.23 bits per heavy atom. The van der Waals surface area contributed by atoms with Gasteiger partial charge in [-0.1, -0.05) is 0 Å². The van der Waals surface area contributed by atoms with Crippen molar-refractivity contribution in [2.45, 2.75) is 6.36 Å². The molecule has 3 rings (SSSR count). The van der Waals surface area contributed by atoms with Gasteiger partial charge in [0.25, 0.3) is 0 Å². The molecule has 114 valence electrons. The van der Waals surface area contributed by atoms with E-state index in [1.54, 1.807) is 0 Å². The first-order valence-corrected chi connectivity index (χ1v) is 5.94. The summed E-state index contributed by atoms with van der Waals surface area (Å²) >= 11 is 0. The van der Waals surface area contributed by atoms with Crippen LogP contribution in [0.15, 0.2) is 45.6 Å². The van der Waals surface area contributed by atoms with Gasteiger partial charge in [0.1, 0.15) is 5.75 Å². The van der Waals surface area contributed by atoms with Gasteiger partial charge in [-0.05, 0) is 36.4 Å². The largest absolute Gasteiger partial charge is 0.573 e. The molecule has 0 amide bonds. The van der Waals surface area contributed by atoms with Gasteiger partial charge < -0.3 is 9.15 Å². The molecule has 0 aliphatic carbocycles. The van der Waals surface area contributed by atoms with Gasteiger partial charge in [0.2, 0.25) is 0 Å². The molecule has 0 saturated heterocycles. The molecule has 5 nitrogen and oxygen atoms in total. The van der Waals surface area contributed by atoms with E-state index in [1.165, 1.54) is 24.3 Å². The van der Waals surface area contributed by atoms with Gasteiger partial charge in [0.15, 0.2) is 11.2 Å². The maximum atomic E-state index is 12.2. The number of hydrogen-bond donors (Lipinski definition) is 0. The molecular weight excluding hydrogens is 301 g/mol. The Morgan fingerprint density at radius 3 is 2.59 bits per heavy atom. The van der Waals surface area contributed by atoms with Crippen LogP contribution in [0.1, 0.15) is 4.11 Å². The van der Waals surface area contributed by atoms with Crippen LogP contribution in [0.3, 0.4) is 0 Å². The predicted molar refractivity (Wildman–Crippen MR) is 71.4 cm³/mol. The summed E-state index contributed by atoms with van der Waals surface area (Å²) in [6.07, 6.45) is -4.80. The zero-order valence-electron chi connectivity index (χ0n) is 13.7. The Morgan fingerprint density at radius 2 is 1.95 bits per heavy atom. The number of nitrogens with zero attached hydrogens (tertiary/aromatic N) is 2. The average molecular weight is 313 g/mol. The Balaban J connectivity index is 2.03. The Hall–Kier alpha value is -2.77. The SMILES string of the molecule is [2H]C([2H])([2H])n1c(=O)oc2ccc(-c3ccc(OC(F)(F)F)cc3)nc21. The molecule has 2 heterocycles. The lowest BCUT2D eigenvalue weighted by Gasteiger charge is -2.09. The van der Waals surface area contributed by atoms with Crippen LogP contribution in [-0.2, 0) is 6.98 Å². The topological polar surface area (TPSA) is 57.3 Å². The maximum absolute atomic E-state index is 12.2. The normalized spacial score (nSPS) is 14.4. The first-order chi connectivity index (χ1) is 11.5. The maximum Gasteiger partial charge on any atom is 0.573 e. The molecule has 0 aliphatic rings. The fraction of sp³-hybridized carbons (Fsp3) is 0.143. The Kier molecular flexibility index (Phi) is 2.43.